The minimum absolute atomic E-state index is 0.0339. The van der Waals surface area contributed by atoms with Crippen LogP contribution in [0.25, 0.3) is 0 Å². The van der Waals surface area contributed by atoms with Crippen molar-refractivity contribution in [1.29, 1.82) is 0 Å². The van der Waals surface area contributed by atoms with Crippen molar-refractivity contribution in [3.8, 4) is 11.5 Å². The third-order valence-corrected chi connectivity index (χ3v) is 6.65. The first-order valence-electron chi connectivity index (χ1n) is 9.09. The summed E-state index contributed by atoms with van der Waals surface area (Å²) in [6.07, 6.45) is 0.566. The highest BCUT2D eigenvalue weighted by Crippen LogP contribution is 2.33. The van der Waals surface area contributed by atoms with Gasteiger partial charge in [-0.1, -0.05) is 0 Å². The Morgan fingerprint density at radius 1 is 1.10 bits per heavy atom. The molecule has 1 aliphatic heterocycles. The van der Waals surface area contributed by atoms with Gasteiger partial charge >= 0.3 is 0 Å². The van der Waals surface area contributed by atoms with Crippen molar-refractivity contribution >= 4 is 15.9 Å². The number of sulfonamides is 1. The molecule has 0 unspecified atom stereocenters. The van der Waals surface area contributed by atoms with Crippen molar-refractivity contribution < 1.29 is 27.1 Å². The van der Waals surface area contributed by atoms with Gasteiger partial charge in [0.25, 0.3) is 5.91 Å². The summed E-state index contributed by atoms with van der Waals surface area (Å²) in [7, 11) is -0.467. The molecule has 0 radical (unpaired) electrons. The summed E-state index contributed by atoms with van der Waals surface area (Å²) in [5.74, 6) is 0.0654. The van der Waals surface area contributed by atoms with Crippen LogP contribution in [0.15, 0.2) is 36.4 Å². The highest BCUT2D eigenvalue weighted by molar-refractivity contribution is 7.89. The molecule has 1 amide bonds. The van der Waals surface area contributed by atoms with Gasteiger partial charge in [0.15, 0.2) is 11.5 Å². The van der Waals surface area contributed by atoms with Gasteiger partial charge in [0.05, 0.1) is 20.0 Å². The molecule has 2 aromatic rings. The fourth-order valence-corrected chi connectivity index (χ4v) is 4.54. The lowest BCUT2D eigenvalue weighted by Gasteiger charge is -2.29. The number of hydrogen-bond donors (Lipinski definition) is 1. The number of halogens is 1. The van der Waals surface area contributed by atoms with Crippen molar-refractivity contribution in [3.05, 3.63) is 58.9 Å². The SMILES string of the molecule is COc1cc2c(cc1OC)CN(S(=O)(=O)CCNC(=O)c1ccc(F)cc1)CC2. The topological polar surface area (TPSA) is 84.9 Å². The molecular formula is C20H23FN2O5S. The van der Waals surface area contributed by atoms with E-state index in [-0.39, 0.29) is 24.4 Å². The number of fused-ring (bicyclic) bond motifs is 1. The molecule has 7 nitrogen and oxygen atoms in total. The number of benzene rings is 2. The van der Waals surface area contributed by atoms with Gasteiger partial charge in [-0.15, -0.1) is 0 Å². The van der Waals surface area contributed by atoms with Gasteiger partial charge in [-0.05, 0) is 53.9 Å². The third-order valence-electron chi connectivity index (χ3n) is 4.83. The molecule has 0 saturated carbocycles. The standard InChI is InChI=1S/C20H23FN2O5S/c1-27-18-11-15-7-9-23(13-16(15)12-19(18)28-2)29(25,26)10-8-22-20(24)14-3-5-17(21)6-4-14/h3-6,11-12H,7-10,13H2,1-2H3,(H,22,24). The summed E-state index contributed by atoms with van der Waals surface area (Å²) < 4.78 is 50.3. The van der Waals surface area contributed by atoms with Gasteiger partial charge < -0.3 is 14.8 Å². The second-order valence-electron chi connectivity index (χ2n) is 6.64. The molecule has 1 heterocycles. The Morgan fingerprint density at radius 2 is 1.72 bits per heavy atom. The summed E-state index contributed by atoms with van der Waals surface area (Å²) in [5.41, 5.74) is 2.17. The minimum Gasteiger partial charge on any atom is -0.493 e. The van der Waals surface area contributed by atoms with E-state index in [1.165, 1.54) is 35.7 Å². The van der Waals surface area contributed by atoms with E-state index >= 15 is 0 Å². The Bertz CT molecular complexity index is 993. The van der Waals surface area contributed by atoms with Gasteiger partial charge in [0, 0.05) is 25.2 Å². The molecule has 0 bridgehead atoms. The van der Waals surface area contributed by atoms with Crippen LogP contribution < -0.4 is 14.8 Å². The Balaban J connectivity index is 1.62. The van der Waals surface area contributed by atoms with E-state index in [9.17, 15) is 17.6 Å². The van der Waals surface area contributed by atoms with E-state index in [0.29, 0.717) is 24.5 Å². The highest BCUT2D eigenvalue weighted by atomic mass is 32.2. The molecule has 3 rings (SSSR count). The lowest BCUT2D eigenvalue weighted by molar-refractivity contribution is 0.0956. The van der Waals surface area contributed by atoms with Crippen molar-refractivity contribution in [2.45, 2.75) is 13.0 Å². The van der Waals surface area contributed by atoms with E-state index in [1.807, 2.05) is 6.07 Å². The summed E-state index contributed by atoms with van der Waals surface area (Å²) in [4.78, 5) is 12.0. The van der Waals surface area contributed by atoms with Crippen molar-refractivity contribution in [1.82, 2.24) is 9.62 Å². The van der Waals surface area contributed by atoms with Crippen LogP contribution in [0.5, 0.6) is 11.5 Å². The van der Waals surface area contributed by atoms with E-state index in [2.05, 4.69) is 5.32 Å². The highest BCUT2D eigenvalue weighted by Gasteiger charge is 2.27. The first-order chi connectivity index (χ1) is 13.8. The number of carbonyl (C=O) groups is 1. The molecule has 1 aliphatic rings. The zero-order valence-corrected chi connectivity index (χ0v) is 17.1. The third kappa shape index (κ3) is 4.86. The zero-order valence-electron chi connectivity index (χ0n) is 16.3. The molecule has 0 saturated heterocycles. The fourth-order valence-electron chi connectivity index (χ4n) is 3.22. The lowest BCUT2D eigenvalue weighted by atomic mass is 10.0. The maximum absolute atomic E-state index is 12.9. The van der Waals surface area contributed by atoms with Crippen LogP contribution in [-0.4, -0.2) is 51.7 Å². The summed E-state index contributed by atoms with van der Waals surface area (Å²) >= 11 is 0. The van der Waals surface area contributed by atoms with Gasteiger partial charge in [-0.25, -0.2) is 12.8 Å². The maximum atomic E-state index is 12.9. The summed E-state index contributed by atoms with van der Waals surface area (Å²) in [6.45, 7) is 0.564. The Kier molecular flexibility index (Phi) is 6.39. The molecule has 2 aromatic carbocycles. The number of hydrogen-bond acceptors (Lipinski definition) is 5. The molecule has 0 aromatic heterocycles. The number of amides is 1. The van der Waals surface area contributed by atoms with Crippen LogP contribution in [0.3, 0.4) is 0 Å². The van der Waals surface area contributed by atoms with E-state index < -0.39 is 21.7 Å². The van der Waals surface area contributed by atoms with Crippen LogP contribution in [0.1, 0.15) is 21.5 Å². The van der Waals surface area contributed by atoms with E-state index in [1.54, 1.807) is 13.2 Å². The molecular weight excluding hydrogens is 399 g/mol. The normalized spacial score (nSPS) is 14.2. The average molecular weight is 422 g/mol. The Hall–Kier alpha value is -2.65. The van der Waals surface area contributed by atoms with Gasteiger partial charge in [0.2, 0.25) is 10.0 Å². The van der Waals surface area contributed by atoms with Gasteiger partial charge in [-0.2, -0.15) is 4.31 Å². The largest absolute Gasteiger partial charge is 0.493 e. The van der Waals surface area contributed by atoms with Crippen LogP contribution in [0.2, 0.25) is 0 Å². The number of carbonyl (C=O) groups excluding carboxylic acids is 1. The Morgan fingerprint density at radius 3 is 2.34 bits per heavy atom. The second-order valence-corrected chi connectivity index (χ2v) is 8.73. The number of nitrogens with one attached hydrogen (secondary N) is 1. The number of nitrogens with zero attached hydrogens (tertiary/aromatic N) is 1. The van der Waals surface area contributed by atoms with E-state index in [4.69, 9.17) is 9.47 Å². The molecule has 0 spiro atoms. The predicted molar refractivity (Wildman–Crippen MR) is 106 cm³/mol. The van der Waals surface area contributed by atoms with E-state index in [0.717, 1.165) is 11.1 Å². The fraction of sp³-hybridized carbons (Fsp3) is 0.350. The van der Waals surface area contributed by atoms with Crippen molar-refractivity contribution in [3.63, 3.8) is 0 Å². The first kappa shape index (κ1) is 21.1. The maximum Gasteiger partial charge on any atom is 0.251 e. The molecule has 0 fully saturated rings. The summed E-state index contributed by atoms with van der Waals surface area (Å²) in [5, 5.41) is 2.56. The molecule has 29 heavy (non-hydrogen) atoms. The van der Waals surface area contributed by atoms with Crippen LogP contribution in [0, 0.1) is 5.82 Å². The zero-order chi connectivity index (χ0) is 21.0. The monoisotopic (exact) mass is 422 g/mol. The van der Waals surface area contributed by atoms with Gasteiger partial charge in [0.1, 0.15) is 5.82 Å². The number of ether oxygens (including phenoxy) is 2. The van der Waals surface area contributed by atoms with Crippen LogP contribution in [-0.2, 0) is 23.0 Å². The van der Waals surface area contributed by atoms with Crippen molar-refractivity contribution in [2.75, 3.05) is 33.1 Å². The lowest BCUT2D eigenvalue weighted by Crippen LogP contribution is -2.40. The molecule has 0 aliphatic carbocycles. The smallest absolute Gasteiger partial charge is 0.251 e. The quantitative estimate of drug-likeness (QED) is 0.737. The second kappa shape index (κ2) is 8.79. The predicted octanol–water partition coefficient (Wildman–Crippen LogP) is 1.96. The molecule has 1 N–H and O–H groups in total. The van der Waals surface area contributed by atoms with Crippen LogP contribution >= 0.6 is 0 Å². The molecule has 0 atom stereocenters. The van der Waals surface area contributed by atoms with Crippen LogP contribution in [0.4, 0.5) is 4.39 Å². The van der Waals surface area contributed by atoms with Crippen molar-refractivity contribution in [2.24, 2.45) is 0 Å². The Labute approximate surface area is 169 Å². The number of methoxy groups -OCH3 is 2. The number of rotatable bonds is 7. The molecule has 9 heteroatoms. The van der Waals surface area contributed by atoms with Gasteiger partial charge in [-0.3, -0.25) is 4.79 Å². The molecule has 156 valence electrons. The minimum atomic E-state index is -3.56. The first-order valence-corrected chi connectivity index (χ1v) is 10.7. The average Bonchev–Trinajstić information content (AvgIpc) is 2.72. The summed E-state index contributed by atoms with van der Waals surface area (Å²) in [6, 6.07) is 8.73.